The molecule has 1 aromatic carbocycles. The lowest BCUT2D eigenvalue weighted by Gasteiger charge is -2.39. The normalized spacial score (nSPS) is 16.5. The van der Waals surface area contributed by atoms with Crippen molar-refractivity contribution in [2.24, 2.45) is 11.1 Å². The summed E-state index contributed by atoms with van der Waals surface area (Å²) in [6.45, 7) is 3.25. The van der Waals surface area contributed by atoms with Crippen LogP contribution in [0.5, 0.6) is 5.75 Å². The Bertz CT molecular complexity index is 600. The Kier molecular flexibility index (Phi) is 3.92. The van der Waals surface area contributed by atoms with E-state index in [0.717, 1.165) is 30.6 Å². The average Bonchev–Trinajstić information content (AvgIpc) is 2.92. The Morgan fingerprint density at radius 3 is 2.81 bits per heavy atom. The van der Waals surface area contributed by atoms with Gasteiger partial charge in [-0.15, -0.1) is 0 Å². The first-order valence-corrected chi connectivity index (χ1v) is 7.51. The fourth-order valence-corrected chi connectivity index (χ4v) is 2.82. The molecular weight excluding hydrogens is 266 g/mol. The van der Waals surface area contributed by atoms with Gasteiger partial charge in [-0.3, -0.25) is 0 Å². The second-order valence-corrected chi connectivity index (χ2v) is 5.68. The van der Waals surface area contributed by atoms with Crippen LogP contribution in [0, 0.1) is 5.41 Å². The number of aromatic nitrogens is 2. The van der Waals surface area contributed by atoms with Crippen molar-refractivity contribution in [1.29, 1.82) is 0 Å². The molecule has 3 rings (SSSR count). The van der Waals surface area contributed by atoms with E-state index < -0.39 is 0 Å². The van der Waals surface area contributed by atoms with Crippen LogP contribution in [0.4, 0.5) is 0 Å². The fraction of sp³-hybridized carbons (Fsp3) is 0.500. The summed E-state index contributed by atoms with van der Waals surface area (Å²) in [5.74, 6) is 2.03. The van der Waals surface area contributed by atoms with Crippen LogP contribution >= 0.6 is 0 Å². The molecule has 0 aliphatic heterocycles. The molecule has 0 unspecified atom stereocenters. The lowest BCUT2D eigenvalue weighted by Crippen LogP contribution is -2.39. The van der Waals surface area contributed by atoms with Crippen molar-refractivity contribution in [3.05, 3.63) is 30.2 Å². The first-order valence-electron chi connectivity index (χ1n) is 7.51. The van der Waals surface area contributed by atoms with E-state index >= 15 is 0 Å². The summed E-state index contributed by atoms with van der Waals surface area (Å²) in [4.78, 5) is 4.52. The highest BCUT2D eigenvalue weighted by atomic mass is 16.5. The Labute approximate surface area is 124 Å². The van der Waals surface area contributed by atoms with Crippen molar-refractivity contribution in [3.8, 4) is 17.1 Å². The number of benzene rings is 1. The van der Waals surface area contributed by atoms with Gasteiger partial charge in [0, 0.05) is 6.42 Å². The largest absolute Gasteiger partial charge is 0.493 e. The third-order valence-corrected chi connectivity index (χ3v) is 4.27. The van der Waals surface area contributed by atoms with Crippen molar-refractivity contribution in [2.75, 3.05) is 13.2 Å². The Morgan fingerprint density at radius 1 is 1.33 bits per heavy atom. The molecular formula is C16H21N3O2. The second kappa shape index (κ2) is 5.85. The quantitative estimate of drug-likeness (QED) is 0.884. The van der Waals surface area contributed by atoms with Crippen LogP contribution in [-0.2, 0) is 6.42 Å². The van der Waals surface area contributed by atoms with Crippen molar-refractivity contribution < 1.29 is 9.26 Å². The average molecular weight is 287 g/mol. The topological polar surface area (TPSA) is 74.2 Å². The van der Waals surface area contributed by atoms with Gasteiger partial charge in [-0.05, 0) is 43.9 Å². The van der Waals surface area contributed by atoms with Crippen molar-refractivity contribution in [1.82, 2.24) is 10.1 Å². The van der Waals surface area contributed by atoms with Gasteiger partial charge in [-0.25, -0.2) is 0 Å². The molecule has 112 valence electrons. The summed E-state index contributed by atoms with van der Waals surface area (Å²) in [7, 11) is 0. The maximum absolute atomic E-state index is 5.89. The molecule has 2 aromatic rings. The highest BCUT2D eigenvalue weighted by Gasteiger charge is 2.37. The fourth-order valence-electron chi connectivity index (χ4n) is 2.82. The Morgan fingerprint density at radius 2 is 2.14 bits per heavy atom. The molecule has 1 fully saturated rings. The maximum atomic E-state index is 5.89. The van der Waals surface area contributed by atoms with E-state index in [1.807, 2.05) is 31.2 Å². The van der Waals surface area contributed by atoms with Crippen molar-refractivity contribution >= 4 is 0 Å². The molecule has 2 N–H and O–H groups in total. The number of rotatable bonds is 6. The zero-order valence-corrected chi connectivity index (χ0v) is 12.3. The van der Waals surface area contributed by atoms with Gasteiger partial charge in [0.15, 0.2) is 0 Å². The summed E-state index contributed by atoms with van der Waals surface area (Å²) in [5, 5.41) is 4.10. The molecule has 5 nitrogen and oxygen atoms in total. The van der Waals surface area contributed by atoms with E-state index in [9.17, 15) is 0 Å². The van der Waals surface area contributed by atoms with E-state index in [1.165, 1.54) is 6.42 Å². The van der Waals surface area contributed by atoms with Gasteiger partial charge in [0.1, 0.15) is 5.75 Å². The molecule has 0 bridgehead atoms. The first-order chi connectivity index (χ1) is 10.3. The van der Waals surface area contributed by atoms with E-state index in [4.69, 9.17) is 15.0 Å². The number of para-hydroxylation sites is 1. The number of hydrogen-bond acceptors (Lipinski definition) is 5. The van der Waals surface area contributed by atoms with Gasteiger partial charge < -0.3 is 15.0 Å². The minimum Gasteiger partial charge on any atom is -0.493 e. The lowest BCUT2D eigenvalue weighted by atomic mass is 9.67. The Hall–Kier alpha value is -1.88. The molecule has 0 amide bonds. The van der Waals surface area contributed by atoms with Crippen LogP contribution in [0.15, 0.2) is 28.8 Å². The Balaban J connectivity index is 1.82. The minimum absolute atomic E-state index is 0.170. The highest BCUT2D eigenvalue weighted by Crippen LogP contribution is 2.42. The van der Waals surface area contributed by atoms with E-state index in [0.29, 0.717) is 24.9 Å². The molecule has 0 atom stereocenters. The monoisotopic (exact) mass is 287 g/mol. The molecule has 1 saturated carbocycles. The van der Waals surface area contributed by atoms with E-state index in [2.05, 4.69) is 10.1 Å². The standard InChI is InChI=1S/C16H21N3O2/c1-2-20-13-7-4-3-6-12(13)15-18-14(21-19-15)10-16(11-17)8-5-9-16/h3-4,6-7H,2,5,8-11,17H2,1H3. The maximum Gasteiger partial charge on any atom is 0.227 e. The van der Waals surface area contributed by atoms with Crippen molar-refractivity contribution in [3.63, 3.8) is 0 Å². The van der Waals surface area contributed by atoms with Crippen molar-refractivity contribution in [2.45, 2.75) is 32.6 Å². The van der Waals surface area contributed by atoms with Crippen LogP contribution in [-0.4, -0.2) is 23.3 Å². The number of nitrogens with two attached hydrogens (primary N) is 1. The molecule has 21 heavy (non-hydrogen) atoms. The summed E-state index contributed by atoms with van der Waals surface area (Å²) in [6.07, 6.45) is 4.31. The molecule has 1 aliphatic carbocycles. The van der Waals surface area contributed by atoms with Crippen LogP contribution in [0.1, 0.15) is 32.1 Å². The SMILES string of the molecule is CCOc1ccccc1-c1noc(CC2(CN)CCC2)n1. The molecule has 1 aliphatic rings. The number of ether oxygens (including phenoxy) is 1. The molecule has 0 spiro atoms. The smallest absolute Gasteiger partial charge is 0.227 e. The summed E-state index contributed by atoms with van der Waals surface area (Å²) < 4.78 is 11.0. The molecule has 5 heteroatoms. The summed E-state index contributed by atoms with van der Waals surface area (Å²) in [6, 6.07) is 7.75. The number of nitrogens with zero attached hydrogens (tertiary/aromatic N) is 2. The minimum atomic E-state index is 0.170. The van der Waals surface area contributed by atoms with Gasteiger partial charge >= 0.3 is 0 Å². The zero-order valence-electron chi connectivity index (χ0n) is 12.3. The molecule has 1 heterocycles. The number of hydrogen-bond donors (Lipinski definition) is 1. The predicted molar refractivity (Wildman–Crippen MR) is 79.9 cm³/mol. The van der Waals surface area contributed by atoms with E-state index in [1.54, 1.807) is 0 Å². The van der Waals surface area contributed by atoms with Gasteiger partial charge in [0.05, 0.1) is 12.2 Å². The van der Waals surface area contributed by atoms with Crippen LogP contribution in [0.2, 0.25) is 0 Å². The van der Waals surface area contributed by atoms with Gasteiger partial charge in [0.2, 0.25) is 11.7 Å². The third-order valence-electron chi connectivity index (χ3n) is 4.27. The summed E-state index contributed by atoms with van der Waals surface area (Å²) in [5.41, 5.74) is 6.92. The van der Waals surface area contributed by atoms with Gasteiger partial charge in [-0.2, -0.15) is 4.98 Å². The van der Waals surface area contributed by atoms with Gasteiger partial charge in [-0.1, -0.05) is 23.7 Å². The highest BCUT2D eigenvalue weighted by molar-refractivity contribution is 5.63. The third kappa shape index (κ3) is 2.78. The van der Waals surface area contributed by atoms with E-state index in [-0.39, 0.29) is 5.41 Å². The van der Waals surface area contributed by atoms with Crippen LogP contribution < -0.4 is 10.5 Å². The van der Waals surface area contributed by atoms with Crippen LogP contribution in [0.3, 0.4) is 0 Å². The molecule has 0 radical (unpaired) electrons. The molecule has 1 aromatic heterocycles. The lowest BCUT2D eigenvalue weighted by molar-refractivity contribution is 0.129. The second-order valence-electron chi connectivity index (χ2n) is 5.68. The van der Waals surface area contributed by atoms with Gasteiger partial charge in [0.25, 0.3) is 0 Å². The van der Waals surface area contributed by atoms with Crippen LogP contribution in [0.25, 0.3) is 11.4 Å². The predicted octanol–water partition coefficient (Wildman–Crippen LogP) is 2.81. The summed E-state index contributed by atoms with van der Waals surface area (Å²) >= 11 is 0. The molecule has 0 saturated heterocycles. The first kappa shape index (κ1) is 14.1. The zero-order chi connectivity index (χ0) is 14.7.